The highest BCUT2D eigenvalue weighted by molar-refractivity contribution is 5.20. The van der Waals surface area contributed by atoms with Crippen LogP contribution >= 0.6 is 0 Å². The van der Waals surface area contributed by atoms with E-state index in [1.165, 1.54) is 6.42 Å². The Morgan fingerprint density at radius 1 is 1.16 bits per heavy atom. The summed E-state index contributed by atoms with van der Waals surface area (Å²) in [4.78, 5) is 2.30. The van der Waals surface area contributed by atoms with Gasteiger partial charge in [0.25, 0.3) is 0 Å². The maximum atomic E-state index is 9.20. The first-order valence-corrected chi connectivity index (χ1v) is 7.00. The summed E-state index contributed by atoms with van der Waals surface area (Å²) in [5.74, 6) is 0.881. The molecule has 1 aromatic carbocycles. The van der Waals surface area contributed by atoms with E-state index in [1.54, 1.807) is 0 Å². The van der Waals surface area contributed by atoms with E-state index in [2.05, 4.69) is 4.90 Å². The van der Waals surface area contributed by atoms with E-state index in [-0.39, 0.29) is 6.61 Å². The summed E-state index contributed by atoms with van der Waals surface area (Å²) < 4.78 is 11.1. The van der Waals surface area contributed by atoms with Crippen molar-refractivity contribution in [2.45, 2.75) is 18.9 Å². The van der Waals surface area contributed by atoms with E-state index in [0.29, 0.717) is 25.9 Å². The minimum absolute atomic E-state index is 0.261. The van der Waals surface area contributed by atoms with Gasteiger partial charge in [-0.1, -0.05) is 18.2 Å². The van der Waals surface area contributed by atoms with Crippen LogP contribution in [0.3, 0.4) is 0 Å². The molecule has 4 heteroatoms. The first kappa shape index (κ1) is 14.3. The quantitative estimate of drug-likeness (QED) is 0.724. The Morgan fingerprint density at radius 2 is 2.00 bits per heavy atom. The van der Waals surface area contributed by atoms with Crippen LogP contribution in [0.1, 0.15) is 12.8 Å². The summed E-state index contributed by atoms with van der Waals surface area (Å²) in [5, 5.41) is 9.20. The van der Waals surface area contributed by atoms with E-state index < -0.39 is 0 Å². The molecule has 1 atom stereocenters. The molecule has 1 aromatic rings. The second kappa shape index (κ2) is 8.15. The minimum Gasteiger partial charge on any atom is -0.491 e. The van der Waals surface area contributed by atoms with Crippen molar-refractivity contribution in [1.29, 1.82) is 0 Å². The van der Waals surface area contributed by atoms with Crippen LogP contribution in [0, 0.1) is 0 Å². The molecule has 0 aromatic heterocycles. The molecule has 1 heterocycles. The summed E-state index contributed by atoms with van der Waals surface area (Å²) >= 11 is 0. The molecule has 0 saturated carbocycles. The third-order valence-corrected chi connectivity index (χ3v) is 3.47. The first-order chi connectivity index (χ1) is 9.40. The number of rotatable bonds is 8. The van der Waals surface area contributed by atoms with E-state index in [4.69, 9.17) is 9.47 Å². The zero-order chi connectivity index (χ0) is 13.3. The van der Waals surface area contributed by atoms with Crippen molar-refractivity contribution in [1.82, 2.24) is 4.90 Å². The zero-order valence-corrected chi connectivity index (χ0v) is 11.3. The van der Waals surface area contributed by atoms with Crippen molar-refractivity contribution in [2.75, 3.05) is 39.5 Å². The molecular weight excluding hydrogens is 242 g/mol. The Labute approximate surface area is 114 Å². The van der Waals surface area contributed by atoms with Crippen LogP contribution in [0.15, 0.2) is 30.3 Å². The number of aliphatic hydroxyl groups is 1. The Bertz CT molecular complexity index is 345. The smallest absolute Gasteiger partial charge is 0.119 e. The van der Waals surface area contributed by atoms with Crippen molar-refractivity contribution in [3.05, 3.63) is 30.3 Å². The Balaban J connectivity index is 1.50. The standard InChI is InChI=1S/C15H23NO3/c17-13-14-5-4-8-16(14)9-10-18-11-12-19-15-6-2-1-3-7-15/h1-3,6-7,14,17H,4-5,8-13H2/t14-/m1/s1. The van der Waals surface area contributed by atoms with Gasteiger partial charge in [0.05, 0.1) is 19.8 Å². The molecule has 0 aliphatic carbocycles. The third-order valence-electron chi connectivity index (χ3n) is 3.47. The highest BCUT2D eigenvalue weighted by atomic mass is 16.5. The number of hydrogen-bond acceptors (Lipinski definition) is 4. The third kappa shape index (κ3) is 4.82. The molecule has 1 saturated heterocycles. The maximum Gasteiger partial charge on any atom is 0.119 e. The molecule has 0 spiro atoms. The van der Waals surface area contributed by atoms with Gasteiger partial charge in [-0.15, -0.1) is 0 Å². The van der Waals surface area contributed by atoms with Crippen molar-refractivity contribution < 1.29 is 14.6 Å². The van der Waals surface area contributed by atoms with Gasteiger partial charge < -0.3 is 14.6 Å². The normalized spacial score (nSPS) is 19.7. The number of likely N-dealkylation sites (tertiary alicyclic amines) is 1. The molecular formula is C15H23NO3. The summed E-state index contributed by atoms with van der Waals surface area (Å²) in [7, 11) is 0. The largest absolute Gasteiger partial charge is 0.491 e. The van der Waals surface area contributed by atoms with Gasteiger partial charge in [-0.05, 0) is 31.5 Å². The summed E-state index contributed by atoms with van der Waals surface area (Å²) in [6, 6.07) is 10.1. The van der Waals surface area contributed by atoms with Crippen LogP contribution in [-0.2, 0) is 4.74 Å². The van der Waals surface area contributed by atoms with Gasteiger partial charge >= 0.3 is 0 Å². The fourth-order valence-electron chi connectivity index (χ4n) is 2.42. The molecule has 1 fully saturated rings. The number of aliphatic hydroxyl groups excluding tert-OH is 1. The van der Waals surface area contributed by atoms with Crippen molar-refractivity contribution in [2.24, 2.45) is 0 Å². The van der Waals surface area contributed by atoms with E-state index in [1.807, 2.05) is 30.3 Å². The summed E-state index contributed by atoms with van der Waals surface area (Å²) in [6.07, 6.45) is 2.29. The van der Waals surface area contributed by atoms with Gasteiger partial charge in [0, 0.05) is 12.6 Å². The number of benzene rings is 1. The van der Waals surface area contributed by atoms with E-state index in [0.717, 1.165) is 25.3 Å². The van der Waals surface area contributed by atoms with Crippen LogP contribution < -0.4 is 4.74 Å². The molecule has 0 bridgehead atoms. The van der Waals surface area contributed by atoms with Crippen LogP contribution in [0.2, 0.25) is 0 Å². The monoisotopic (exact) mass is 265 g/mol. The second-order valence-electron chi connectivity index (χ2n) is 4.79. The van der Waals surface area contributed by atoms with Crippen molar-refractivity contribution >= 4 is 0 Å². The number of nitrogens with zero attached hydrogens (tertiary/aromatic N) is 1. The second-order valence-corrected chi connectivity index (χ2v) is 4.79. The summed E-state index contributed by atoms with van der Waals surface area (Å²) in [5.41, 5.74) is 0. The predicted molar refractivity (Wildman–Crippen MR) is 74.4 cm³/mol. The van der Waals surface area contributed by atoms with Crippen molar-refractivity contribution in [3.8, 4) is 5.75 Å². The Kier molecular flexibility index (Phi) is 6.14. The topological polar surface area (TPSA) is 41.9 Å². The molecule has 0 radical (unpaired) electrons. The van der Waals surface area contributed by atoms with E-state index >= 15 is 0 Å². The lowest BCUT2D eigenvalue weighted by atomic mass is 10.2. The molecule has 19 heavy (non-hydrogen) atoms. The molecule has 1 N–H and O–H groups in total. The van der Waals surface area contributed by atoms with Gasteiger partial charge in [0.15, 0.2) is 0 Å². The number of hydrogen-bond donors (Lipinski definition) is 1. The minimum atomic E-state index is 0.261. The van der Waals surface area contributed by atoms with Gasteiger partial charge in [-0.25, -0.2) is 0 Å². The van der Waals surface area contributed by atoms with Crippen molar-refractivity contribution in [3.63, 3.8) is 0 Å². The van der Waals surface area contributed by atoms with E-state index in [9.17, 15) is 5.11 Å². The fraction of sp³-hybridized carbons (Fsp3) is 0.600. The SMILES string of the molecule is OC[C@H]1CCCN1CCOCCOc1ccccc1. The van der Waals surface area contributed by atoms with Crippen LogP contribution in [0.4, 0.5) is 0 Å². The number of ether oxygens (including phenoxy) is 2. The van der Waals surface area contributed by atoms with Gasteiger partial charge in [0.2, 0.25) is 0 Å². The van der Waals surface area contributed by atoms with Crippen LogP contribution in [0.25, 0.3) is 0 Å². The Morgan fingerprint density at radius 3 is 2.79 bits per heavy atom. The molecule has 1 aliphatic heterocycles. The maximum absolute atomic E-state index is 9.20. The first-order valence-electron chi connectivity index (χ1n) is 7.00. The van der Waals surface area contributed by atoms with Gasteiger partial charge in [-0.3, -0.25) is 4.90 Å². The molecule has 4 nitrogen and oxygen atoms in total. The van der Waals surface area contributed by atoms with Gasteiger partial charge in [0.1, 0.15) is 12.4 Å². The lowest BCUT2D eigenvalue weighted by Crippen LogP contribution is -2.35. The highest BCUT2D eigenvalue weighted by Gasteiger charge is 2.22. The highest BCUT2D eigenvalue weighted by Crippen LogP contribution is 2.15. The lowest BCUT2D eigenvalue weighted by molar-refractivity contribution is 0.0681. The van der Waals surface area contributed by atoms with Gasteiger partial charge in [-0.2, -0.15) is 0 Å². The molecule has 106 valence electrons. The zero-order valence-electron chi connectivity index (χ0n) is 11.3. The Hall–Kier alpha value is -1.10. The molecule has 2 rings (SSSR count). The average Bonchev–Trinajstić information content (AvgIpc) is 2.91. The molecule has 1 aliphatic rings. The summed E-state index contributed by atoms with van der Waals surface area (Å²) in [6.45, 7) is 4.12. The number of para-hydroxylation sites is 1. The fourth-order valence-corrected chi connectivity index (χ4v) is 2.42. The van der Waals surface area contributed by atoms with Crippen LogP contribution in [0.5, 0.6) is 5.75 Å². The predicted octanol–water partition coefficient (Wildman–Crippen LogP) is 1.54. The van der Waals surface area contributed by atoms with Crippen LogP contribution in [-0.4, -0.2) is 55.6 Å². The molecule has 0 unspecified atom stereocenters. The lowest BCUT2D eigenvalue weighted by Gasteiger charge is -2.22. The average molecular weight is 265 g/mol. The molecule has 0 amide bonds.